The van der Waals surface area contributed by atoms with Gasteiger partial charge in [-0.3, -0.25) is 19.7 Å². The first-order valence-corrected chi connectivity index (χ1v) is 7.76. The van der Waals surface area contributed by atoms with E-state index in [1.54, 1.807) is 36.4 Å². The zero-order valence-electron chi connectivity index (χ0n) is 13.5. The van der Waals surface area contributed by atoms with Crippen LogP contribution in [0.5, 0.6) is 0 Å². The molecule has 0 atom stereocenters. The summed E-state index contributed by atoms with van der Waals surface area (Å²) in [5.41, 5.74) is 1.09. The van der Waals surface area contributed by atoms with Crippen molar-refractivity contribution in [3.63, 3.8) is 0 Å². The molecule has 2 aromatic carbocycles. The lowest BCUT2D eigenvalue weighted by Gasteiger charge is -2.03. The first kappa shape index (κ1) is 17.1. The summed E-state index contributed by atoms with van der Waals surface area (Å²) < 4.78 is 5.48. The second kappa shape index (κ2) is 7.43. The number of carbonyl (C=O) groups is 2. The zero-order chi connectivity index (χ0) is 18.5. The molecule has 1 N–H and O–H groups in total. The third-order valence-electron chi connectivity index (χ3n) is 3.70. The van der Waals surface area contributed by atoms with E-state index in [1.165, 1.54) is 30.3 Å². The summed E-state index contributed by atoms with van der Waals surface area (Å²) in [6, 6.07) is 17.5. The highest BCUT2D eigenvalue weighted by molar-refractivity contribution is 6.01. The monoisotopic (exact) mass is 350 g/mol. The third kappa shape index (κ3) is 3.84. The van der Waals surface area contributed by atoms with Crippen molar-refractivity contribution >= 4 is 17.4 Å². The Morgan fingerprint density at radius 3 is 2.31 bits per heavy atom. The second-order valence-electron chi connectivity index (χ2n) is 5.44. The van der Waals surface area contributed by atoms with Crippen LogP contribution < -0.4 is 5.32 Å². The summed E-state index contributed by atoms with van der Waals surface area (Å²) in [5.74, 6) is -0.262. The highest BCUT2D eigenvalue weighted by atomic mass is 16.6. The number of carbonyl (C=O) groups excluding carboxylic acids is 2. The van der Waals surface area contributed by atoms with E-state index in [0.29, 0.717) is 16.9 Å². The Kier molecular flexibility index (Phi) is 4.89. The van der Waals surface area contributed by atoms with Crippen molar-refractivity contribution in [3.05, 3.63) is 88.2 Å². The van der Waals surface area contributed by atoms with Gasteiger partial charge in [-0.1, -0.05) is 30.3 Å². The Morgan fingerprint density at radius 1 is 0.962 bits per heavy atom. The summed E-state index contributed by atoms with van der Waals surface area (Å²) in [6.45, 7) is -0.142. The number of Topliss-reactive ketones (excluding diaryl/α,β-unsaturated/α-hetero) is 1. The van der Waals surface area contributed by atoms with Crippen LogP contribution in [0.15, 0.2) is 71.1 Å². The van der Waals surface area contributed by atoms with Gasteiger partial charge < -0.3 is 9.73 Å². The average Bonchev–Trinajstić information content (AvgIpc) is 3.17. The Morgan fingerprint density at radius 2 is 1.65 bits per heavy atom. The quantitative estimate of drug-likeness (QED) is 0.416. The van der Waals surface area contributed by atoms with E-state index in [1.807, 2.05) is 0 Å². The highest BCUT2D eigenvalue weighted by Gasteiger charge is 2.14. The van der Waals surface area contributed by atoms with Crippen LogP contribution in [0.4, 0.5) is 5.69 Å². The van der Waals surface area contributed by atoms with E-state index >= 15 is 0 Å². The van der Waals surface area contributed by atoms with Crippen molar-refractivity contribution in [2.24, 2.45) is 0 Å². The number of hydrogen-bond donors (Lipinski definition) is 1. The molecular weight excluding hydrogens is 336 g/mol. The van der Waals surface area contributed by atoms with E-state index in [2.05, 4.69) is 5.32 Å². The Balaban J connectivity index is 1.64. The number of rotatable bonds is 6. The lowest BCUT2D eigenvalue weighted by molar-refractivity contribution is -0.384. The number of nitro groups is 1. The molecule has 7 heteroatoms. The van der Waals surface area contributed by atoms with Gasteiger partial charge in [-0.25, -0.2) is 0 Å². The number of nitro benzene ring substituents is 1. The summed E-state index contributed by atoms with van der Waals surface area (Å²) in [7, 11) is 0. The van der Waals surface area contributed by atoms with Gasteiger partial charge in [0.05, 0.1) is 11.5 Å². The van der Waals surface area contributed by atoms with E-state index < -0.39 is 10.8 Å². The number of ketones is 1. The summed E-state index contributed by atoms with van der Waals surface area (Å²) >= 11 is 0. The molecule has 130 valence electrons. The fraction of sp³-hybridized carbons (Fsp3) is 0.0526. The van der Waals surface area contributed by atoms with Gasteiger partial charge in [-0.2, -0.15) is 0 Å². The Bertz CT molecular complexity index is 946. The third-order valence-corrected chi connectivity index (χ3v) is 3.70. The van der Waals surface area contributed by atoms with Crippen molar-refractivity contribution in [1.29, 1.82) is 0 Å². The van der Waals surface area contributed by atoms with E-state index in [4.69, 9.17) is 4.42 Å². The molecule has 0 saturated heterocycles. The van der Waals surface area contributed by atoms with E-state index in [9.17, 15) is 19.7 Å². The molecule has 0 saturated carbocycles. The zero-order valence-corrected chi connectivity index (χ0v) is 13.5. The van der Waals surface area contributed by atoms with Crippen LogP contribution >= 0.6 is 0 Å². The van der Waals surface area contributed by atoms with Gasteiger partial charge in [0.25, 0.3) is 11.6 Å². The minimum Gasteiger partial charge on any atom is -0.451 e. The van der Waals surface area contributed by atoms with Gasteiger partial charge in [0.2, 0.25) is 0 Å². The fourth-order valence-electron chi connectivity index (χ4n) is 2.34. The van der Waals surface area contributed by atoms with Crippen LogP contribution in [0.3, 0.4) is 0 Å². The molecule has 0 radical (unpaired) electrons. The number of nitrogens with zero attached hydrogens (tertiary/aromatic N) is 1. The van der Waals surface area contributed by atoms with Crippen molar-refractivity contribution < 1.29 is 18.9 Å². The predicted molar refractivity (Wildman–Crippen MR) is 93.9 cm³/mol. The molecular formula is C19H14N2O5. The predicted octanol–water partition coefficient (Wildman–Crippen LogP) is 3.47. The lowest BCUT2D eigenvalue weighted by Crippen LogP contribution is -2.29. The van der Waals surface area contributed by atoms with Gasteiger partial charge in [0.1, 0.15) is 5.76 Å². The highest BCUT2D eigenvalue weighted by Crippen LogP contribution is 2.24. The van der Waals surface area contributed by atoms with Gasteiger partial charge in [0.15, 0.2) is 11.5 Å². The van der Waals surface area contributed by atoms with Gasteiger partial charge >= 0.3 is 0 Å². The van der Waals surface area contributed by atoms with Crippen LogP contribution in [0.25, 0.3) is 11.3 Å². The molecule has 7 nitrogen and oxygen atoms in total. The first-order valence-electron chi connectivity index (χ1n) is 7.76. The molecule has 0 unspecified atom stereocenters. The van der Waals surface area contributed by atoms with Gasteiger partial charge in [0, 0.05) is 23.3 Å². The Labute approximate surface area is 148 Å². The first-order chi connectivity index (χ1) is 12.5. The molecule has 3 rings (SSSR count). The van der Waals surface area contributed by atoms with Gasteiger partial charge in [-0.05, 0) is 24.3 Å². The molecule has 1 aromatic heterocycles. The van der Waals surface area contributed by atoms with Crippen LogP contribution in [-0.2, 0) is 0 Å². The van der Waals surface area contributed by atoms with Crippen LogP contribution in [-0.4, -0.2) is 23.2 Å². The van der Waals surface area contributed by atoms with Crippen molar-refractivity contribution in [2.45, 2.75) is 0 Å². The largest absolute Gasteiger partial charge is 0.451 e. The molecule has 3 aromatic rings. The minimum atomic E-state index is -0.512. The number of amides is 1. The van der Waals surface area contributed by atoms with Crippen LogP contribution in [0, 0.1) is 10.1 Å². The smallest absolute Gasteiger partial charge is 0.287 e. The molecule has 0 spiro atoms. The molecule has 26 heavy (non-hydrogen) atoms. The maximum atomic E-state index is 12.1. The number of furan rings is 1. The number of non-ortho nitro benzene ring substituents is 1. The SMILES string of the molecule is O=C(CNC(=O)c1ccc(-c2ccc([N+](=O)[O-])cc2)o1)c1ccccc1. The summed E-state index contributed by atoms with van der Waals surface area (Å²) in [4.78, 5) is 34.3. The standard InChI is InChI=1S/C19H14N2O5/c22-16(13-4-2-1-3-5-13)12-20-19(23)18-11-10-17(26-18)14-6-8-15(9-7-14)21(24)25/h1-11H,12H2,(H,20,23). The topological polar surface area (TPSA) is 102 Å². The maximum Gasteiger partial charge on any atom is 0.287 e. The van der Waals surface area contributed by atoms with Crippen molar-refractivity contribution in [3.8, 4) is 11.3 Å². The molecule has 0 aliphatic rings. The van der Waals surface area contributed by atoms with Gasteiger partial charge in [-0.15, -0.1) is 0 Å². The Hall–Kier alpha value is -3.74. The van der Waals surface area contributed by atoms with Crippen molar-refractivity contribution in [1.82, 2.24) is 5.32 Å². The number of benzene rings is 2. The lowest BCUT2D eigenvalue weighted by atomic mass is 10.1. The molecule has 0 aliphatic carbocycles. The van der Waals surface area contributed by atoms with E-state index in [0.717, 1.165) is 0 Å². The fourth-order valence-corrected chi connectivity index (χ4v) is 2.34. The van der Waals surface area contributed by atoms with Crippen LogP contribution in [0.2, 0.25) is 0 Å². The average molecular weight is 350 g/mol. The second-order valence-corrected chi connectivity index (χ2v) is 5.44. The number of nitrogens with one attached hydrogen (secondary N) is 1. The minimum absolute atomic E-state index is 0.0299. The normalized spacial score (nSPS) is 10.3. The maximum absolute atomic E-state index is 12.1. The molecule has 0 bridgehead atoms. The van der Waals surface area contributed by atoms with Crippen molar-refractivity contribution in [2.75, 3.05) is 6.54 Å². The molecule has 0 aliphatic heterocycles. The number of hydrogen-bond acceptors (Lipinski definition) is 5. The van der Waals surface area contributed by atoms with E-state index in [-0.39, 0.29) is 23.8 Å². The summed E-state index contributed by atoms with van der Waals surface area (Å²) in [6.07, 6.45) is 0. The van der Waals surface area contributed by atoms with Crippen LogP contribution in [0.1, 0.15) is 20.9 Å². The molecule has 0 fully saturated rings. The summed E-state index contributed by atoms with van der Waals surface area (Å²) in [5, 5.41) is 13.2. The molecule has 1 amide bonds. The molecule has 1 heterocycles.